The smallest absolute Gasteiger partial charge is 0.251 e. The minimum absolute atomic E-state index is 0.0357. The molecule has 3 aliphatic rings. The molecule has 1 saturated carbocycles. The number of benzene rings is 1. The van der Waals surface area contributed by atoms with E-state index in [-0.39, 0.29) is 23.8 Å². The van der Waals surface area contributed by atoms with Crippen LogP contribution in [0, 0.1) is 5.92 Å². The molecule has 1 atom stereocenters. The summed E-state index contributed by atoms with van der Waals surface area (Å²) in [6, 6.07) is 8.05. The lowest BCUT2D eigenvalue weighted by molar-refractivity contribution is -0.121. The highest BCUT2D eigenvalue weighted by atomic mass is 16.2. The first-order chi connectivity index (χ1) is 17.4. The molecule has 1 aromatic heterocycles. The lowest BCUT2D eigenvalue weighted by Gasteiger charge is -2.31. The molecule has 192 valence electrons. The van der Waals surface area contributed by atoms with Crippen molar-refractivity contribution >= 4 is 35.0 Å². The van der Waals surface area contributed by atoms with Crippen LogP contribution in [0.1, 0.15) is 55.8 Å². The molecule has 5 rings (SSSR count). The van der Waals surface area contributed by atoms with E-state index in [4.69, 9.17) is 4.98 Å². The molecule has 1 aliphatic carbocycles. The molecule has 2 N–H and O–H groups in total. The van der Waals surface area contributed by atoms with Crippen LogP contribution in [0.15, 0.2) is 30.5 Å². The number of anilines is 4. The van der Waals surface area contributed by atoms with E-state index < -0.39 is 0 Å². The van der Waals surface area contributed by atoms with Crippen LogP contribution in [0.5, 0.6) is 0 Å². The minimum atomic E-state index is -0.102. The van der Waals surface area contributed by atoms with Crippen LogP contribution < -0.4 is 20.4 Å². The van der Waals surface area contributed by atoms with Crippen molar-refractivity contribution in [3.05, 3.63) is 36.0 Å². The van der Waals surface area contributed by atoms with Gasteiger partial charge in [-0.05, 0) is 70.1 Å². The number of carbonyl (C=O) groups excluding carboxylic acids is 2. The summed E-state index contributed by atoms with van der Waals surface area (Å²) in [6.45, 7) is 4.67. The van der Waals surface area contributed by atoms with Gasteiger partial charge < -0.3 is 25.3 Å². The normalized spacial score (nSPS) is 21.9. The number of hydrogen-bond donors (Lipinski definition) is 2. The summed E-state index contributed by atoms with van der Waals surface area (Å²) < 4.78 is 0. The molecule has 2 aliphatic heterocycles. The van der Waals surface area contributed by atoms with Crippen LogP contribution in [0.2, 0.25) is 0 Å². The molecule has 1 saturated heterocycles. The first-order valence-corrected chi connectivity index (χ1v) is 13.2. The molecule has 1 aromatic carbocycles. The van der Waals surface area contributed by atoms with E-state index in [1.54, 1.807) is 11.1 Å². The van der Waals surface area contributed by atoms with Crippen molar-refractivity contribution in [3.63, 3.8) is 0 Å². The van der Waals surface area contributed by atoms with E-state index >= 15 is 0 Å². The number of fused-ring (bicyclic) bond motifs is 1. The molecule has 36 heavy (non-hydrogen) atoms. The van der Waals surface area contributed by atoms with Gasteiger partial charge in [-0.25, -0.2) is 4.98 Å². The van der Waals surface area contributed by atoms with Gasteiger partial charge in [-0.3, -0.25) is 9.59 Å². The number of aromatic nitrogens is 2. The number of rotatable bonds is 5. The Morgan fingerprint density at radius 3 is 2.42 bits per heavy atom. The summed E-state index contributed by atoms with van der Waals surface area (Å²) in [4.78, 5) is 41.3. The zero-order valence-corrected chi connectivity index (χ0v) is 21.5. The fraction of sp³-hybridized carbons (Fsp3) is 0.556. The highest BCUT2D eigenvalue weighted by molar-refractivity contribution is 5.98. The second kappa shape index (κ2) is 10.4. The second-order valence-corrected chi connectivity index (χ2v) is 10.5. The Hall–Kier alpha value is -3.20. The van der Waals surface area contributed by atoms with Crippen LogP contribution in [0.25, 0.3) is 0 Å². The van der Waals surface area contributed by atoms with E-state index in [2.05, 4.69) is 32.5 Å². The van der Waals surface area contributed by atoms with Gasteiger partial charge in [-0.15, -0.1) is 0 Å². The third kappa shape index (κ3) is 5.16. The molecule has 9 heteroatoms. The van der Waals surface area contributed by atoms with Crippen molar-refractivity contribution in [1.82, 2.24) is 20.2 Å². The summed E-state index contributed by atoms with van der Waals surface area (Å²) in [7, 11) is 3.92. The van der Waals surface area contributed by atoms with E-state index in [1.165, 1.54) is 12.8 Å². The highest BCUT2D eigenvalue weighted by Crippen LogP contribution is 2.37. The van der Waals surface area contributed by atoms with E-state index in [1.807, 2.05) is 38.2 Å². The summed E-state index contributed by atoms with van der Waals surface area (Å²) >= 11 is 0. The van der Waals surface area contributed by atoms with Crippen LogP contribution >= 0.6 is 0 Å². The molecule has 9 nitrogen and oxygen atoms in total. The van der Waals surface area contributed by atoms with Crippen molar-refractivity contribution in [3.8, 4) is 0 Å². The van der Waals surface area contributed by atoms with Crippen LogP contribution in [0.4, 0.5) is 23.1 Å². The molecule has 0 radical (unpaired) electrons. The number of carbonyl (C=O) groups is 2. The predicted molar refractivity (Wildman–Crippen MR) is 142 cm³/mol. The average molecular weight is 492 g/mol. The van der Waals surface area contributed by atoms with Gasteiger partial charge in [0.05, 0.1) is 12.1 Å². The Labute approximate surface area is 213 Å². The van der Waals surface area contributed by atoms with Crippen LogP contribution in [-0.2, 0) is 4.79 Å². The molecule has 2 aromatic rings. The maximum atomic E-state index is 12.9. The zero-order chi connectivity index (χ0) is 25.2. The topological polar surface area (TPSA) is 93.7 Å². The van der Waals surface area contributed by atoms with Gasteiger partial charge in [0.25, 0.3) is 5.91 Å². The molecule has 1 unspecified atom stereocenters. The highest BCUT2D eigenvalue weighted by Gasteiger charge is 2.35. The Morgan fingerprint density at radius 2 is 1.72 bits per heavy atom. The summed E-state index contributed by atoms with van der Waals surface area (Å²) in [5, 5.41) is 6.44. The summed E-state index contributed by atoms with van der Waals surface area (Å²) in [5.41, 5.74) is 2.20. The van der Waals surface area contributed by atoms with E-state index in [0.29, 0.717) is 24.1 Å². The SMILES string of the molecule is CC1CN(C2CCCC2)c2nc(Nc3ccc(C(=O)NC4CCN(C)CC4)cc3)ncc2N(C)C1=O. The summed E-state index contributed by atoms with van der Waals surface area (Å²) in [5.74, 6) is 1.25. The largest absolute Gasteiger partial charge is 0.351 e. The van der Waals surface area contributed by atoms with Crippen molar-refractivity contribution in [2.24, 2.45) is 5.92 Å². The first kappa shape index (κ1) is 24.5. The zero-order valence-electron chi connectivity index (χ0n) is 21.5. The first-order valence-electron chi connectivity index (χ1n) is 13.2. The van der Waals surface area contributed by atoms with Crippen molar-refractivity contribution in [2.45, 2.75) is 57.5 Å². The summed E-state index contributed by atoms with van der Waals surface area (Å²) in [6.07, 6.45) is 8.37. The van der Waals surface area contributed by atoms with E-state index in [0.717, 1.165) is 56.0 Å². The Balaban J connectivity index is 1.31. The number of hydrogen-bond acceptors (Lipinski definition) is 7. The van der Waals surface area contributed by atoms with Gasteiger partial charge in [-0.2, -0.15) is 4.98 Å². The standard InChI is InChI=1S/C27H37N7O2/c1-18-17-34(22-6-4-5-7-22)24-23(33(3)26(18)36)16-28-27(31-24)30-20-10-8-19(9-11-20)25(35)29-21-12-14-32(2)15-13-21/h8-11,16,18,21-22H,4-7,12-15,17H2,1-3H3,(H,29,35)(H,28,30,31). The van der Waals surface area contributed by atoms with Crippen molar-refractivity contribution in [2.75, 3.05) is 48.8 Å². The number of likely N-dealkylation sites (tertiary alicyclic amines) is 1. The Bertz CT molecular complexity index is 1090. The Kier molecular flexibility index (Phi) is 7.09. The van der Waals surface area contributed by atoms with Crippen LogP contribution in [0.3, 0.4) is 0 Å². The van der Waals surface area contributed by atoms with Gasteiger partial charge >= 0.3 is 0 Å². The van der Waals surface area contributed by atoms with Gasteiger partial charge in [0.2, 0.25) is 11.9 Å². The maximum Gasteiger partial charge on any atom is 0.251 e. The quantitative estimate of drug-likeness (QED) is 0.662. The monoisotopic (exact) mass is 491 g/mol. The fourth-order valence-corrected chi connectivity index (χ4v) is 5.58. The van der Waals surface area contributed by atoms with Gasteiger partial charge in [-0.1, -0.05) is 19.8 Å². The number of amides is 2. The second-order valence-electron chi connectivity index (χ2n) is 10.5. The minimum Gasteiger partial charge on any atom is -0.351 e. The van der Waals surface area contributed by atoms with Gasteiger partial charge in [0, 0.05) is 36.9 Å². The van der Waals surface area contributed by atoms with Crippen molar-refractivity contribution in [1.29, 1.82) is 0 Å². The van der Waals surface area contributed by atoms with Gasteiger partial charge in [0.1, 0.15) is 5.69 Å². The molecule has 2 fully saturated rings. The molecular formula is C27H37N7O2. The fourth-order valence-electron chi connectivity index (χ4n) is 5.58. The average Bonchev–Trinajstić information content (AvgIpc) is 3.40. The maximum absolute atomic E-state index is 12.9. The molecule has 3 heterocycles. The molecular weight excluding hydrogens is 454 g/mol. The van der Waals surface area contributed by atoms with Gasteiger partial charge in [0.15, 0.2) is 5.82 Å². The number of nitrogens with zero attached hydrogens (tertiary/aromatic N) is 5. The number of nitrogens with one attached hydrogen (secondary N) is 2. The Morgan fingerprint density at radius 1 is 1.03 bits per heavy atom. The predicted octanol–water partition coefficient (Wildman–Crippen LogP) is 3.41. The van der Waals surface area contributed by atoms with Crippen molar-refractivity contribution < 1.29 is 9.59 Å². The number of piperidine rings is 1. The third-order valence-corrected chi connectivity index (χ3v) is 7.83. The lowest BCUT2D eigenvalue weighted by Crippen LogP contribution is -2.43. The third-order valence-electron chi connectivity index (χ3n) is 7.83. The molecule has 2 amide bonds. The van der Waals surface area contributed by atoms with E-state index in [9.17, 15) is 9.59 Å². The molecule has 0 spiro atoms. The molecule has 0 bridgehead atoms. The van der Waals surface area contributed by atoms with Crippen LogP contribution in [-0.4, -0.2) is 72.5 Å². The lowest BCUT2D eigenvalue weighted by atomic mass is 10.0.